The minimum atomic E-state index is -1.53. The third-order valence-electron chi connectivity index (χ3n) is 12.9. The van der Waals surface area contributed by atoms with Crippen molar-refractivity contribution >= 4 is 5.91 Å². The first-order chi connectivity index (χ1) is 29.3. The minimum Gasteiger partial charge on any atom is -0.394 e. The maximum Gasteiger partial charge on any atom is 0.220 e. The number of aliphatic hydroxyl groups excluding tert-OH is 6. The second-order valence-electron chi connectivity index (χ2n) is 18.5. The Kier molecular flexibility index (Phi) is 38.6. The minimum absolute atomic E-state index is 0.224. The first kappa shape index (κ1) is 56.9. The van der Waals surface area contributed by atoms with E-state index in [1.54, 1.807) is 0 Å². The van der Waals surface area contributed by atoms with E-state index in [2.05, 4.69) is 19.2 Å². The van der Waals surface area contributed by atoms with Crippen LogP contribution in [0.5, 0.6) is 0 Å². The topological polar surface area (TPSA) is 160 Å². The average Bonchev–Trinajstić information content (AvgIpc) is 3.25. The van der Waals surface area contributed by atoms with Crippen molar-refractivity contribution in [3.8, 4) is 0 Å². The molecule has 0 aromatic heterocycles. The molecule has 356 valence electrons. The fraction of sp³-hybridized carbons (Fsp3) is 0.941. The van der Waals surface area contributed by atoms with Crippen LogP contribution in [0.25, 0.3) is 0 Å². The second kappa shape index (κ2) is 40.7. The van der Waals surface area contributed by atoms with Crippen LogP contribution in [0.3, 0.4) is 0 Å². The van der Waals surface area contributed by atoms with Gasteiger partial charge in [-0.25, -0.2) is 0 Å². The summed E-state index contributed by atoms with van der Waals surface area (Å²) in [5.74, 6) is -0.224. The highest BCUT2D eigenvalue weighted by Gasteiger charge is 2.42. The van der Waals surface area contributed by atoms with Gasteiger partial charge in [0.1, 0.15) is 36.6 Å². The first-order valence-corrected chi connectivity index (χ1v) is 25.9. The molecule has 0 spiro atoms. The van der Waals surface area contributed by atoms with E-state index in [0.717, 1.165) is 38.5 Å². The molecule has 0 saturated carbocycles. The monoisotopic (exact) mass is 854 g/mol. The van der Waals surface area contributed by atoms with Gasteiger partial charge in [-0.15, -0.1) is 0 Å². The number of carbonyl (C=O) groups excluding carboxylic acids is 1. The molecule has 8 atom stereocenters. The van der Waals surface area contributed by atoms with Crippen molar-refractivity contribution in [2.75, 3.05) is 6.61 Å². The third kappa shape index (κ3) is 30.1. The van der Waals surface area contributed by atoms with Crippen LogP contribution in [0.15, 0.2) is 12.2 Å². The summed E-state index contributed by atoms with van der Waals surface area (Å²) in [6.07, 6.45) is 39.3. The Bertz CT molecular complexity index is 965. The molecular formula is C51H99NO8. The number of nitrogens with one attached hydrogen (secondary N) is 1. The summed E-state index contributed by atoms with van der Waals surface area (Å²) in [7, 11) is 0. The standard InChI is InChI=1S/C51H99NO8/c1-3-5-7-9-11-13-15-17-18-19-20-21-22-23-24-25-26-27-29-31-33-35-37-39-47(55)52-43(40-41-45-49(57)51(59)50(58)46(42-53)60-45)48(56)44(54)38-36-34-32-30-28-16-14-12-10-8-6-4-2/h40-41,43-46,48-51,53-54,56-59H,3-39,42H2,1-2H3,(H,52,55)/t43-,44+,45+,46+,48-,49-,50-,51+/m0/s1. The van der Waals surface area contributed by atoms with E-state index in [1.807, 2.05) is 0 Å². The predicted octanol–water partition coefficient (Wildman–Crippen LogP) is 11.1. The van der Waals surface area contributed by atoms with Crippen LogP contribution >= 0.6 is 0 Å². The molecule has 1 fully saturated rings. The van der Waals surface area contributed by atoms with Gasteiger partial charge < -0.3 is 40.7 Å². The summed E-state index contributed by atoms with van der Waals surface area (Å²) in [6.45, 7) is 3.98. The number of aliphatic hydroxyl groups is 6. The van der Waals surface area contributed by atoms with E-state index in [1.165, 1.54) is 198 Å². The van der Waals surface area contributed by atoms with Gasteiger partial charge in [-0.05, 0) is 12.8 Å². The molecule has 1 rings (SSSR count). The van der Waals surface area contributed by atoms with Crippen molar-refractivity contribution in [2.45, 2.75) is 300 Å². The molecule has 9 heteroatoms. The normalized spacial score (nSPS) is 21.1. The van der Waals surface area contributed by atoms with Crippen molar-refractivity contribution in [3.63, 3.8) is 0 Å². The molecule has 1 amide bonds. The van der Waals surface area contributed by atoms with Crippen LogP contribution in [0, 0.1) is 0 Å². The molecule has 0 aromatic carbocycles. The highest BCUT2D eigenvalue weighted by Crippen LogP contribution is 2.23. The van der Waals surface area contributed by atoms with Crippen LogP contribution < -0.4 is 5.32 Å². The molecule has 1 heterocycles. The molecule has 60 heavy (non-hydrogen) atoms. The van der Waals surface area contributed by atoms with Crippen molar-refractivity contribution < 1.29 is 40.2 Å². The molecule has 0 bridgehead atoms. The van der Waals surface area contributed by atoms with Gasteiger partial charge >= 0.3 is 0 Å². The Balaban J connectivity index is 2.29. The number of carbonyl (C=O) groups is 1. The van der Waals surface area contributed by atoms with Gasteiger partial charge in [0.25, 0.3) is 0 Å². The van der Waals surface area contributed by atoms with Gasteiger partial charge in [-0.3, -0.25) is 4.79 Å². The molecule has 0 aromatic rings. The molecule has 7 N–H and O–H groups in total. The molecule has 1 aliphatic heterocycles. The number of unbranched alkanes of at least 4 members (excludes halogenated alkanes) is 33. The Morgan fingerprint density at radius 3 is 1.23 bits per heavy atom. The maximum atomic E-state index is 13.1. The van der Waals surface area contributed by atoms with Crippen molar-refractivity contribution in [3.05, 3.63) is 12.2 Å². The number of hydrogen-bond donors (Lipinski definition) is 7. The van der Waals surface area contributed by atoms with Crippen LogP contribution in [0.1, 0.15) is 251 Å². The Labute approximate surface area is 369 Å². The van der Waals surface area contributed by atoms with Gasteiger partial charge in [0.05, 0.1) is 18.8 Å². The van der Waals surface area contributed by atoms with Crippen molar-refractivity contribution in [1.82, 2.24) is 5.32 Å². The highest BCUT2D eigenvalue weighted by molar-refractivity contribution is 5.76. The first-order valence-electron chi connectivity index (χ1n) is 25.9. The van der Waals surface area contributed by atoms with Crippen molar-refractivity contribution in [1.29, 1.82) is 0 Å². The molecule has 0 aliphatic carbocycles. The van der Waals surface area contributed by atoms with E-state index in [-0.39, 0.29) is 5.91 Å². The zero-order valence-electron chi connectivity index (χ0n) is 39.1. The molecule has 1 aliphatic rings. The van der Waals surface area contributed by atoms with Gasteiger partial charge in [-0.1, -0.05) is 244 Å². The third-order valence-corrected chi connectivity index (χ3v) is 12.9. The summed E-state index contributed by atoms with van der Waals surface area (Å²) < 4.78 is 5.60. The maximum absolute atomic E-state index is 13.1. The summed E-state index contributed by atoms with van der Waals surface area (Å²) in [5.41, 5.74) is 0. The Hall–Kier alpha value is -1.07. The van der Waals surface area contributed by atoms with E-state index in [4.69, 9.17) is 4.74 Å². The summed E-state index contributed by atoms with van der Waals surface area (Å²) >= 11 is 0. The second-order valence-corrected chi connectivity index (χ2v) is 18.5. The summed E-state index contributed by atoms with van der Waals surface area (Å²) in [4.78, 5) is 13.1. The molecule has 9 nitrogen and oxygen atoms in total. The Morgan fingerprint density at radius 2 is 0.867 bits per heavy atom. The number of ether oxygens (including phenoxy) is 1. The van der Waals surface area contributed by atoms with Crippen molar-refractivity contribution in [2.24, 2.45) is 0 Å². The van der Waals surface area contributed by atoms with Crippen LogP contribution in [0.2, 0.25) is 0 Å². The van der Waals surface area contributed by atoms with Crippen LogP contribution in [0.4, 0.5) is 0 Å². The predicted molar refractivity (Wildman–Crippen MR) is 249 cm³/mol. The Morgan fingerprint density at radius 1 is 0.517 bits per heavy atom. The lowest BCUT2D eigenvalue weighted by atomic mass is 9.93. The quantitative estimate of drug-likeness (QED) is 0.0236. The van der Waals surface area contributed by atoms with Crippen LogP contribution in [-0.2, 0) is 9.53 Å². The molecule has 1 saturated heterocycles. The molecule has 0 radical (unpaired) electrons. The fourth-order valence-electron chi connectivity index (χ4n) is 8.70. The number of rotatable bonds is 43. The van der Waals surface area contributed by atoms with Crippen LogP contribution in [-0.4, -0.2) is 91.9 Å². The van der Waals surface area contributed by atoms with E-state index >= 15 is 0 Å². The van der Waals surface area contributed by atoms with Gasteiger partial charge in [0.2, 0.25) is 5.91 Å². The van der Waals surface area contributed by atoms with E-state index in [9.17, 15) is 35.4 Å². The van der Waals surface area contributed by atoms with Gasteiger partial charge in [0, 0.05) is 6.42 Å². The average molecular weight is 854 g/mol. The molecule has 0 unspecified atom stereocenters. The van der Waals surface area contributed by atoms with E-state index < -0.39 is 55.4 Å². The van der Waals surface area contributed by atoms with Gasteiger partial charge in [-0.2, -0.15) is 0 Å². The fourth-order valence-corrected chi connectivity index (χ4v) is 8.70. The zero-order valence-corrected chi connectivity index (χ0v) is 39.1. The largest absolute Gasteiger partial charge is 0.394 e. The summed E-state index contributed by atoms with van der Waals surface area (Å²) in [6, 6.07) is -0.943. The lowest BCUT2D eigenvalue weighted by Gasteiger charge is -2.39. The molecular weight excluding hydrogens is 755 g/mol. The lowest BCUT2D eigenvalue weighted by molar-refractivity contribution is -0.216. The zero-order chi connectivity index (χ0) is 43.9. The van der Waals surface area contributed by atoms with Gasteiger partial charge in [0.15, 0.2) is 0 Å². The lowest BCUT2D eigenvalue weighted by Crippen LogP contribution is -2.58. The highest BCUT2D eigenvalue weighted by atomic mass is 16.5. The summed E-state index contributed by atoms with van der Waals surface area (Å²) in [5, 5.41) is 65.5. The smallest absolute Gasteiger partial charge is 0.220 e. The number of amides is 1. The van der Waals surface area contributed by atoms with E-state index in [0.29, 0.717) is 12.8 Å². The SMILES string of the molecule is CCCCCCCCCCCCCCCCCCCCCCCCCC(=O)N[C@@H](C=C[C@H]1O[C@H](CO)[C@H](O)[C@H](O)[C@H]1O)[C@H](O)[C@H](O)CCCCCCCCCCCCCC. The number of hydrogen-bond acceptors (Lipinski definition) is 8.